The molecule has 1 unspecified atom stereocenters. The second kappa shape index (κ2) is 7.98. The van der Waals surface area contributed by atoms with Crippen molar-refractivity contribution in [1.82, 2.24) is 0 Å². The van der Waals surface area contributed by atoms with Gasteiger partial charge in [0.25, 0.3) is 0 Å². The Labute approximate surface area is 155 Å². The Balaban J connectivity index is 2.51. The fourth-order valence-corrected chi connectivity index (χ4v) is 3.07. The first kappa shape index (κ1) is 20.1. The van der Waals surface area contributed by atoms with E-state index in [1.165, 1.54) is 12.1 Å². The third kappa shape index (κ3) is 4.12. The van der Waals surface area contributed by atoms with Crippen LogP contribution in [0, 0.1) is 18.3 Å². The summed E-state index contributed by atoms with van der Waals surface area (Å²) in [4.78, 5) is 1.65. The fraction of sp³-hybridized carbons (Fsp3) is 0.316. The van der Waals surface area contributed by atoms with Crippen LogP contribution in [0.2, 0.25) is 5.02 Å². The zero-order chi connectivity index (χ0) is 19.5. The smallest absolute Gasteiger partial charge is 0.394 e. The summed E-state index contributed by atoms with van der Waals surface area (Å²) in [6, 6.07) is 10.3. The average Bonchev–Trinajstić information content (AvgIpc) is 2.60. The van der Waals surface area contributed by atoms with Crippen molar-refractivity contribution in [2.75, 3.05) is 18.1 Å². The Bertz CT molecular complexity index is 831. The van der Waals surface area contributed by atoms with E-state index in [1.54, 1.807) is 36.9 Å². The number of nitrogens with zero attached hydrogens (tertiary/aromatic N) is 2. The Hall–Kier alpha value is -2.23. The molecule has 0 spiro atoms. The quantitative estimate of drug-likeness (QED) is 0.782. The number of hydrogen-bond donors (Lipinski definition) is 1. The van der Waals surface area contributed by atoms with E-state index in [-0.39, 0.29) is 11.6 Å². The molecule has 0 aliphatic carbocycles. The lowest BCUT2D eigenvalue weighted by Crippen LogP contribution is -2.31. The number of aliphatic hydroxyl groups excluding tert-OH is 1. The van der Waals surface area contributed by atoms with Gasteiger partial charge in [-0.3, -0.25) is 0 Å². The number of aryl methyl sites for hydroxylation is 1. The number of benzene rings is 2. The van der Waals surface area contributed by atoms with E-state index in [0.29, 0.717) is 23.4 Å². The molecule has 2 rings (SSSR count). The zero-order valence-corrected chi connectivity index (χ0v) is 15.1. The summed E-state index contributed by atoms with van der Waals surface area (Å²) in [5.41, 5.74) is 1.28. The number of halogens is 4. The molecule has 0 aromatic heterocycles. The minimum atomic E-state index is -4.57. The normalized spacial score (nSPS) is 12.5. The first-order valence-electron chi connectivity index (χ1n) is 7.97. The molecule has 0 bridgehead atoms. The third-order valence-electron chi connectivity index (χ3n) is 4.24. The van der Waals surface area contributed by atoms with Crippen LogP contribution in [0.25, 0.3) is 0 Å². The van der Waals surface area contributed by atoms with Crippen molar-refractivity contribution in [3.63, 3.8) is 0 Å². The number of hydrogen-bond acceptors (Lipinski definition) is 3. The second-order valence-corrected chi connectivity index (χ2v) is 6.24. The first-order valence-corrected chi connectivity index (χ1v) is 8.35. The lowest BCUT2D eigenvalue weighted by atomic mass is 9.99. The van der Waals surface area contributed by atoms with E-state index >= 15 is 0 Å². The predicted octanol–water partition coefficient (Wildman–Crippen LogP) is 5.10. The van der Waals surface area contributed by atoms with Crippen molar-refractivity contribution in [2.45, 2.75) is 26.1 Å². The number of likely N-dealkylation sites (N-methyl/N-ethyl adjacent to an activating group) is 1. The van der Waals surface area contributed by atoms with Gasteiger partial charge in [-0.25, -0.2) is 0 Å². The molecule has 2 aromatic carbocycles. The van der Waals surface area contributed by atoms with Crippen molar-refractivity contribution in [3.8, 4) is 6.07 Å². The van der Waals surface area contributed by atoms with Gasteiger partial charge >= 0.3 is 6.18 Å². The van der Waals surface area contributed by atoms with Crippen molar-refractivity contribution in [2.24, 2.45) is 0 Å². The van der Waals surface area contributed by atoms with E-state index in [0.717, 1.165) is 11.6 Å². The molecule has 26 heavy (non-hydrogen) atoms. The van der Waals surface area contributed by atoms with E-state index in [2.05, 4.69) is 6.07 Å². The number of alkyl halides is 3. The van der Waals surface area contributed by atoms with Crippen LogP contribution >= 0.6 is 11.6 Å². The number of anilines is 1. The van der Waals surface area contributed by atoms with Crippen LogP contribution in [0.3, 0.4) is 0 Å². The highest BCUT2D eigenvalue weighted by atomic mass is 35.5. The maximum absolute atomic E-state index is 13.2. The summed E-state index contributed by atoms with van der Waals surface area (Å²) < 4.78 is 39.5. The lowest BCUT2D eigenvalue weighted by molar-refractivity contribution is -0.137. The van der Waals surface area contributed by atoms with Crippen LogP contribution in [0.1, 0.15) is 35.2 Å². The van der Waals surface area contributed by atoms with Gasteiger partial charge in [0.05, 0.1) is 34.9 Å². The maximum atomic E-state index is 13.2. The number of aliphatic hydroxyl groups is 1. The highest BCUT2D eigenvalue weighted by molar-refractivity contribution is 6.31. The molecule has 0 aliphatic rings. The molecule has 1 atom stereocenters. The van der Waals surface area contributed by atoms with E-state index in [9.17, 15) is 23.5 Å². The van der Waals surface area contributed by atoms with Crippen molar-refractivity contribution >= 4 is 17.3 Å². The molecule has 2 aromatic rings. The minimum Gasteiger partial charge on any atom is -0.394 e. The van der Waals surface area contributed by atoms with Gasteiger partial charge in [-0.2, -0.15) is 18.4 Å². The zero-order valence-electron chi connectivity index (χ0n) is 14.3. The molecular formula is C19H18ClF3N2O. The summed E-state index contributed by atoms with van der Waals surface area (Å²) in [5, 5.41) is 18.7. The monoisotopic (exact) mass is 382 g/mol. The summed E-state index contributed by atoms with van der Waals surface area (Å²) in [6.07, 6.45) is -4.57. The molecule has 1 N–H and O–H groups in total. The number of rotatable bonds is 5. The molecule has 138 valence electrons. The highest BCUT2D eigenvalue weighted by Gasteiger charge is 2.34. The molecule has 0 fully saturated rings. The van der Waals surface area contributed by atoms with Crippen LogP contribution in [-0.4, -0.2) is 18.3 Å². The fourth-order valence-electron chi connectivity index (χ4n) is 2.84. The molecular weight excluding hydrogens is 365 g/mol. The Kier molecular flexibility index (Phi) is 6.17. The van der Waals surface area contributed by atoms with Gasteiger partial charge < -0.3 is 10.0 Å². The topological polar surface area (TPSA) is 47.3 Å². The van der Waals surface area contributed by atoms with Crippen molar-refractivity contribution < 1.29 is 18.3 Å². The predicted molar refractivity (Wildman–Crippen MR) is 95.2 cm³/mol. The van der Waals surface area contributed by atoms with E-state index in [1.807, 2.05) is 0 Å². The second-order valence-electron chi connectivity index (χ2n) is 5.83. The van der Waals surface area contributed by atoms with Crippen molar-refractivity contribution in [1.29, 1.82) is 5.26 Å². The van der Waals surface area contributed by atoms with Crippen LogP contribution in [0.4, 0.5) is 18.9 Å². The maximum Gasteiger partial charge on any atom is 0.417 e. The van der Waals surface area contributed by atoms with Gasteiger partial charge in [-0.15, -0.1) is 0 Å². The van der Waals surface area contributed by atoms with Crippen molar-refractivity contribution in [3.05, 3.63) is 63.7 Å². The van der Waals surface area contributed by atoms with Crippen LogP contribution in [0.5, 0.6) is 0 Å². The van der Waals surface area contributed by atoms with Crippen LogP contribution in [0.15, 0.2) is 36.4 Å². The third-order valence-corrected chi connectivity index (χ3v) is 4.57. The van der Waals surface area contributed by atoms with Crippen LogP contribution < -0.4 is 4.90 Å². The molecule has 0 amide bonds. The molecule has 0 heterocycles. The minimum absolute atomic E-state index is 0.294. The first-order chi connectivity index (χ1) is 12.2. The van der Waals surface area contributed by atoms with Gasteiger partial charge in [0.15, 0.2) is 0 Å². The van der Waals surface area contributed by atoms with Gasteiger partial charge in [0, 0.05) is 12.2 Å². The van der Waals surface area contributed by atoms with E-state index < -0.39 is 17.8 Å². The summed E-state index contributed by atoms with van der Waals surface area (Å²) in [6.45, 7) is 3.62. The summed E-state index contributed by atoms with van der Waals surface area (Å²) in [5.74, 6) is 0. The molecule has 0 saturated carbocycles. The molecule has 0 aliphatic heterocycles. The van der Waals surface area contributed by atoms with Gasteiger partial charge in [-0.1, -0.05) is 23.7 Å². The highest BCUT2D eigenvalue weighted by Crippen LogP contribution is 2.38. The Morgan fingerprint density at radius 2 is 1.92 bits per heavy atom. The average molecular weight is 383 g/mol. The lowest BCUT2D eigenvalue weighted by Gasteiger charge is -2.32. The Morgan fingerprint density at radius 1 is 1.23 bits per heavy atom. The number of nitriles is 1. The SMILES string of the molecule is CCN(c1ccc(Cl)c(C(F)(F)F)c1)C(CO)c1ccc(C)c(C#N)c1. The van der Waals surface area contributed by atoms with Gasteiger partial charge in [0.1, 0.15) is 0 Å². The molecule has 3 nitrogen and oxygen atoms in total. The van der Waals surface area contributed by atoms with Crippen LogP contribution in [-0.2, 0) is 6.18 Å². The molecule has 0 radical (unpaired) electrons. The van der Waals surface area contributed by atoms with Gasteiger partial charge in [-0.05, 0) is 49.2 Å². The standard InChI is InChI=1S/C19H18ClF3N2O/c1-3-25(15-6-7-17(20)16(9-15)19(21,22)23)18(11-26)13-5-4-12(2)14(8-13)10-24/h4-9,18,26H,3,11H2,1-2H3. The van der Waals surface area contributed by atoms with E-state index in [4.69, 9.17) is 11.6 Å². The summed E-state index contributed by atoms with van der Waals surface area (Å²) >= 11 is 5.69. The Morgan fingerprint density at radius 3 is 2.46 bits per heavy atom. The molecule has 7 heteroatoms. The summed E-state index contributed by atoms with van der Waals surface area (Å²) in [7, 11) is 0. The van der Waals surface area contributed by atoms with Gasteiger partial charge in [0.2, 0.25) is 0 Å². The largest absolute Gasteiger partial charge is 0.417 e. The molecule has 0 saturated heterocycles.